The van der Waals surface area contributed by atoms with Crippen LogP contribution in [-0.4, -0.2) is 23.3 Å². The van der Waals surface area contributed by atoms with E-state index in [0.29, 0.717) is 48.8 Å². The summed E-state index contributed by atoms with van der Waals surface area (Å²) in [4.78, 5) is 32.2. The summed E-state index contributed by atoms with van der Waals surface area (Å²) >= 11 is 1.61. The summed E-state index contributed by atoms with van der Waals surface area (Å²) in [5.41, 5.74) is 1.10. The first-order chi connectivity index (χ1) is 13.7. The molecule has 3 heterocycles. The number of pyridine rings is 1. The maximum atomic E-state index is 13.1. The van der Waals surface area contributed by atoms with E-state index in [0.717, 1.165) is 4.88 Å². The lowest BCUT2D eigenvalue weighted by molar-refractivity contribution is -0.121. The number of carbonyl (C=O) groups excluding carboxylic acids is 2. The van der Waals surface area contributed by atoms with Crippen molar-refractivity contribution in [1.29, 1.82) is 0 Å². The molecule has 0 saturated carbocycles. The van der Waals surface area contributed by atoms with Gasteiger partial charge in [-0.1, -0.05) is 18.2 Å². The summed E-state index contributed by atoms with van der Waals surface area (Å²) in [6.45, 7) is 0.953. The van der Waals surface area contributed by atoms with Crippen LogP contribution in [0.3, 0.4) is 0 Å². The van der Waals surface area contributed by atoms with Crippen LogP contribution in [0.2, 0.25) is 0 Å². The summed E-state index contributed by atoms with van der Waals surface area (Å²) < 4.78 is 5.86. The fourth-order valence-corrected chi connectivity index (χ4v) is 3.71. The minimum absolute atomic E-state index is 0.0257. The first-order valence-corrected chi connectivity index (χ1v) is 9.93. The number of aromatic nitrogens is 1. The number of hydrogen-bond donors (Lipinski definition) is 1. The molecule has 0 bridgehead atoms. The van der Waals surface area contributed by atoms with E-state index in [-0.39, 0.29) is 11.8 Å². The van der Waals surface area contributed by atoms with E-state index < -0.39 is 0 Å². The fourth-order valence-electron chi connectivity index (χ4n) is 3.07. The zero-order valence-electron chi connectivity index (χ0n) is 15.1. The Bertz CT molecular complexity index is 988. The molecule has 0 spiro atoms. The van der Waals surface area contributed by atoms with Gasteiger partial charge >= 0.3 is 0 Å². The maximum absolute atomic E-state index is 13.1. The van der Waals surface area contributed by atoms with E-state index >= 15 is 0 Å². The van der Waals surface area contributed by atoms with Gasteiger partial charge in [-0.25, -0.2) is 4.98 Å². The highest BCUT2D eigenvalue weighted by Gasteiger charge is 2.28. The Morgan fingerprint density at radius 1 is 1.14 bits per heavy atom. The van der Waals surface area contributed by atoms with Gasteiger partial charge in [0.1, 0.15) is 5.56 Å². The molecule has 3 aromatic rings. The molecular weight excluding hydrogens is 374 g/mol. The molecule has 0 fully saturated rings. The van der Waals surface area contributed by atoms with Crippen molar-refractivity contribution in [3.8, 4) is 11.6 Å². The lowest BCUT2D eigenvalue weighted by atomic mass is 10.2. The number of para-hydroxylation sites is 2. The third-order valence-electron chi connectivity index (χ3n) is 4.43. The molecule has 4 rings (SSSR count). The second kappa shape index (κ2) is 8.22. The third kappa shape index (κ3) is 3.89. The van der Waals surface area contributed by atoms with Crippen molar-refractivity contribution in [1.82, 2.24) is 10.3 Å². The van der Waals surface area contributed by atoms with Crippen molar-refractivity contribution in [3.05, 3.63) is 70.5 Å². The maximum Gasteiger partial charge on any atom is 0.263 e. The average Bonchev–Trinajstić information content (AvgIpc) is 3.20. The molecule has 1 aliphatic rings. The predicted octanol–water partition coefficient (Wildman–Crippen LogP) is 3.99. The van der Waals surface area contributed by atoms with Crippen molar-refractivity contribution in [2.24, 2.45) is 0 Å². The van der Waals surface area contributed by atoms with E-state index in [2.05, 4.69) is 10.3 Å². The molecular formula is C21H19N3O3S. The molecule has 2 aromatic heterocycles. The number of amides is 2. The zero-order chi connectivity index (χ0) is 19.3. The largest absolute Gasteiger partial charge is 0.436 e. The highest BCUT2D eigenvalue weighted by atomic mass is 32.1. The van der Waals surface area contributed by atoms with Crippen molar-refractivity contribution >= 4 is 28.8 Å². The van der Waals surface area contributed by atoms with Crippen LogP contribution in [0.5, 0.6) is 11.6 Å². The topological polar surface area (TPSA) is 71.5 Å². The molecule has 1 N–H and O–H groups in total. The van der Waals surface area contributed by atoms with E-state index in [9.17, 15) is 9.59 Å². The van der Waals surface area contributed by atoms with Crippen LogP contribution < -0.4 is 15.0 Å². The number of nitrogens with zero attached hydrogens (tertiary/aromatic N) is 2. The first kappa shape index (κ1) is 18.2. The van der Waals surface area contributed by atoms with Crippen molar-refractivity contribution in [2.75, 3.05) is 11.4 Å². The molecule has 0 radical (unpaired) electrons. The molecule has 2 amide bonds. The number of fused-ring (bicyclic) bond motifs is 2. The summed E-state index contributed by atoms with van der Waals surface area (Å²) in [6, 6.07) is 14.7. The minimum Gasteiger partial charge on any atom is -0.436 e. The Kier molecular flexibility index (Phi) is 5.34. The quantitative estimate of drug-likeness (QED) is 0.687. The van der Waals surface area contributed by atoms with Crippen LogP contribution in [0.1, 0.15) is 28.1 Å². The molecule has 1 aliphatic heterocycles. The molecule has 6 nitrogen and oxygen atoms in total. The standard InChI is InChI=1S/C21H19N3O3S/c25-19(23-14-15-6-5-13-28-15)10-4-12-24-17-8-1-2-9-18(17)27-20-16(21(24)26)7-3-11-22-20/h1-3,5-9,11,13H,4,10,12,14H2,(H,23,25). The molecule has 142 valence electrons. The summed E-state index contributed by atoms with van der Waals surface area (Å²) in [5, 5.41) is 4.90. The van der Waals surface area contributed by atoms with E-state index in [1.165, 1.54) is 0 Å². The SMILES string of the molecule is O=C(CCCN1C(=O)c2cccnc2Oc2ccccc21)NCc1cccs1. The number of nitrogens with one attached hydrogen (secondary N) is 1. The Balaban J connectivity index is 1.44. The van der Waals surface area contributed by atoms with Crippen molar-refractivity contribution in [2.45, 2.75) is 19.4 Å². The van der Waals surface area contributed by atoms with E-state index in [1.807, 2.05) is 41.8 Å². The van der Waals surface area contributed by atoms with Crippen LogP contribution in [0, 0.1) is 0 Å². The molecule has 0 atom stereocenters. The number of thiophene rings is 1. The molecule has 28 heavy (non-hydrogen) atoms. The number of ether oxygens (including phenoxy) is 1. The predicted molar refractivity (Wildman–Crippen MR) is 108 cm³/mol. The van der Waals surface area contributed by atoms with Gasteiger partial charge in [0.05, 0.1) is 12.2 Å². The summed E-state index contributed by atoms with van der Waals surface area (Å²) in [7, 11) is 0. The highest BCUT2D eigenvalue weighted by molar-refractivity contribution is 7.09. The molecule has 0 aliphatic carbocycles. The first-order valence-electron chi connectivity index (χ1n) is 9.05. The molecule has 0 unspecified atom stereocenters. The van der Waals surface area contributed by atoms with Crippen LogP contribution in [0.15, 0.2) is 60.1 Å². The zero-order valence-corrected chi connectivity index (χ0v) is 15.9. The van der Waals surface area contributed by atoms with Gasteiger partial charge in [0, 0.05) is 24.0 Å². The number of anilines is 1. The Morgan fingerprint density at radius 2 is 2.04 bits per heavy atom. The minimum atomic E-state index is -0.174. The third-order valence-corrected chi connectivity index (χ3v) is 5.31. The number of rotatable bonds is 6. The van der Waals surface area contributed by atoms with Crippen LogP contribution >= 0.6 is 11.3 Å². The van der Waals surface area contributed by atoms with Crippen molar-refractivity contribution in [3.63, 3.8) is 0 Å². The van der Waals surface area contributed by atoms with Crippen LogP contribution in [0.4, 0.5) is 5.69 Å². The Labute approximate surface area is 166 Å². The van der Waals surface area contributed by atoms with Crippen molar-refractivity contribution < 1.29 is 14.3 Å². The Hall–Kier alpha value is -3.19. The van der Waals surface area contributed by atoms with E-state index in [4.69, 9.17) is 4.74 Å². The summed E-state index contributed by atoms with van der Waals surface area (Å²) in [5.74, 6) is 0.681. The van der Waals surface area contributed by atoms with Gasteiger partial charge in [0.25, 0.3) is 5.91 Å². The number of carbonyl (C=O) groups is 2. The van der Waals surface area contributed by atoms with Gasteiger partial charge in [-0.3, -0.25) is 9.59 Å². The second-order valence-electron chi connectivity index (χ2n) is 6.34. The average molecular weight is 393 g/mol. The molecule has 7 heteroatoms. The van der Waals surface area contributed by atoms with Crippen LogP contribution in [-0.2, 0) is 11.3 Å². The molecule has 1 aromatic carbocycles. The van der Waals surface area contributed by atoms with Gasteiger partial charge in [-0.15, -0.1) is 11.3 Å². The summed E-state index contributed by atoms with van der Waals surface area (Å²) in [6.07, 6.45) is 2.49. The number of hydrogen-bond acceptors (Lipinski definition) is 5. The van der Waals surface area contributed by atoms with Gasteiger partial charge < -0.3 is 15.0 Å². The second-order valence-corrected chi connectivity index (χ2v) is 7.37. The Morgan fingerprint density at radius 3 is 2.89 bits per heavy atom. The van der Waals surface area contributed by atoms with Gasteiger partial charge in [0.15, 0.2) is 5.75 Å². The van der Waals surface area contributed by atoms with E-state index in [1.54, 1.807) is 34.6 Å². The lowest BCUT2D eigenvalue weighted by Gasteiger charge is -2.21. The molecule has 0 saturated heterocycles. The van der Waals surface area contributed by atoms with Crippen LogP contribution in [0.25, 0.3) is 0 Å². The lowest BCUT2D eigenvalue weighted by Crippen LogP contribution is -2.32. The van der Waals surface area contributed by atoms with Gasteiger partial charge in [-0.05, 0) is 42.1 Å². The highest BCUT2D eigenvalue weighted by Crippen LogP contribution is 2.37. The van der Waals surface area contributed by atoms with Gasteiger partial charge in [0.2, 0.25) is 11.8 Å². The number of benzene rings is 1. The normalized spacial score (nSPS) is 12.6. The smallest absolute Gasteiger partial charge is 0.263 e. The van der Waals surface area contributed by atoms with Gasteiger partial charge in [-0.2, -0.15) is 0 Å². The fraction of sp³-hybridized carbons (Fsp3) is 0.190. The monoisotopic (exact) mass is 393 g/mol.